The number of hydrogen-bond acceptors (Lipinski definition) is 4. The second kappa shape index (κ2) is 7.03. The summed E-state index contributed by atoms with van der Waals surface area (Å²) >= 11 is 0. The van der Waals surface area contributed by atoms with E-state index in [2.05, 4.69) is 15.6 Å². The average Bonchev–Trinajstić information content (AvgIpc) is 2.48. The normalized spacial score (nSPS) is 21.6. The molecule has 0 spiro atoms. The lowest BCUT2D eigenvalue weighted by molar-refractivity contribution is 0.0696. The van der Waals surface area contributed by atoms with Crippen LogP contribution in [0.25, 0.3) is 0 Å². The number of rotatable bonds is 4. The van der Waals surface area contributed by atoms with Crippen molar-refractivity contribution in [2.24, 2.45) is 0 Å². The molecule has 1 saturated carbocycles. The molecule has 114 valence electrons. The molecule has 0 radical (unpaired) electrons. The summed E-state index contributed by atoms with van der Waals surface area (Å²) < 4.78 is 0. The van der Waals surface area contributed by atoms with Crippen molar-refractivity contribution in [1.82, 2.24) is 15.6 Å². The van der Waals surface area contributed by atoms with Crippen LogP contribution in [0.1, 0.15) is 41.7 Å². The summed E-state index contributed by atoms with van der Waals surface area (Å²) in [4.78, 5) is 26.6. The molecule has 1 fully saturated rings. The predicted octanol–water partition coefficient (Wildman–Crippen LogP) is 0.882. The van der Waals surface area contributed by atoms with Crippen molar-refractivity contribution in [3.8, 4) is 0 Å². The van der Waals surface area contributed by atoms with Crippen molar-refractivity contribution in [1.29, 1.82) is 0 Å². The van der Waals surface area contributed by atoms with Gasteiger partial charge in [0.1, 0.15) is 0 Å². The minimum Gasteiger partial charge on any atom is -0.478 e. The van der Waals surface area contributed by atoms with Crippen molar-refractivity contribution >= 4 is 12.0 Å². The molecule has 2 amide bonds. The number of aliphatic hydroxyl groups is 1. The zero-order chi connectivity index (χ0) is 15.2. The van der Waals surface area contributed by atoms with Gasteiger partial charge in [-0.25, -0.2) is 9.59 Å². The molecule has 0 atom stereocenters. The maximum Gasteiger partial charge on any atom is 0.335 e. The van der Waals surface area contributed by atoms with Crippen LogP contribution in [0.5, 0.6) is 0 Å². The molecule has 0 aliphatic heterocycles. The quantitative estimate of drug-likeness (QED) is 0.658. The van der Waals surface area contributed by atoms with Gasteiger partial charge in [-0.2, -0.15) is 0 Å². The first-order valence-corrected chi connectivity index (χ1v) is 6.95. The number of carbonyl (C=O) groups excluding carboxylic acids is 1. The Morgan fingerprint density at radius 2 is 2.00 bits per heavy atom. The molecule has 4 N–H and O–H groups in total. The lowest BCUT2D eigenvalue weighted by Crippen LogP contribution is -2.44. The third-order valence-corrected chi connectivity index (χ3v) is 3.53. The van der Waals surface area contributed by atoms with Crippen LogP contribution in [0.4, 0.5) is 4.79 Å². The van der Waals surface area contributed by atoms with E-state index in [1.54, 1.807) is 0 Å². The first-order chi connectivity index (χ1) is 10.0. The monoisotopic (exact) mass is 293 g/mol. The third-order valence-electron chi connectivity index (χ3n) is 3.53. The molecule has 21 heavy (non-hydrogen) atoms. The number of aromatic carboxylic acids is 1. The van der Waals surface area contributed by atoms with Crippen molar-refractivity contribution < 1.29 is 19.8 Å². The predicted molar refractivity (Wildman–Crippen MR) is 74.8 cm³/mol. The van der Waals surface area contributed by atoms with E-state index in [9.17, 15) is 14.7 Å². The van der Waals surface area contributed by atoms with E-state index in [0.29, 0.717) is 18.5 Å². The van der Waals surface area contributed by atoms with E-state index in [1.165, 1.54) is 18.3 Å². The number of hydrogen-bond donors (Lipinski definition) is 4. The second-order valence-corrected chi connectivity index (χ2v) is 5.17. The Hall–Kier alpha value is -2.15. The van der Waals surface area contributed by atoms with Gasteiger partial charge in [0.25, 0.3) is 0 Å². The van der Waals surface area contributed by atoms with Crippen molar-refractivity contribution in [2.45, 2.75) is 44.4 Å². The zero-order valence-corrected chi connectivity index (χ0v) is 11.6. The molecule has 7 heteroatoms. The van der Waals surface area contributed by atoms with Gasteiger partial charge in [-0.3, -0.25) is 4.98 Å². The topological polar surface area (TPSA) is 112 Å². The van der Waals surface area contributed by atoms with E-state index in [1.807, 2.05) is 0 Å². The Bertz CT molecular complexity index is 513. The van der Waals surface area contributed by atoms with Crippen LogP contribution >= 0.6 is 0 Å². The fourth-order valence-corrected chi connectivity index (χ4v) is 2.34. The minimum atomic E-state index is -1.02. The van der Waals surface area contributed by atoms with Gasteiger partial charge in [-0.15, -0.1) is 0 Å². The van der Waals surface area contributed by atoms with E-state index in [4.69, 9.17) is 5.11 Å². The van der Waals surface area contributed by atoms with Crippen LogP contribution < -0.4 is 10.6 Å². The molecule has 0 bridgehead atoms. The fourth-order valence-electron chi connectivity index (χ4n) is 2.34. The Labute approximate surface area is 122 Å². The molecule has 0 aromatic carbocycles. The molecule has 2 rings (SSSR count). The van der Waals surface area contributed by atoms with E-state index in [0.717, 1.165) is 12.8 Å². The maximum absolute atomic E-state index is 11.8. The summed E-state index contributed by atoms with van der Waals surface area (Å²) in [5.74, 6) is -1.02. The third kappa shape index (κ3) is 4.71. The van der Waals surface area contributed by atoms with Gasteiger partial charge in [0, 0.05) is 12.2 Å². The fraction of sp³-hybridized carbons (Fsp3) is 0.500. The van der Waals surface area contributed by atoms with E-state index >= 15 is 0 Å². The van der Waals surface area contributed by atoms with Gasteiger partial charge < -0.3 is 20.8 Å². The van der Waals surface area contributed by atoms with Crippen molar-refractivity contribution in [3.63, 3.8) is 0 Å². The number of nitrogens with one attached hydrogen (secondary N) is 2. The highest BCUT2D eigenvalue weighted by atomic mass is 16.4. The van der Waals surface area contributed by atoms with Crippen LogP contribution in [-0.4, -0.2) is 39.3 Å². The Morgan fingerprint density at radius 3 is 2.67 bits per heavy atom. The van der Waals surface area contributed by atoms with Crippen LogP contribution in [0, 0.1) is 0 Å². The number of aromatic nitrogens is 1. The van der Waals surface area contributed by atoms with Crippen LogP contribution in [-0.2, 0) is 6.54 Å². The van der Waals surface area contributed by atoms with Gasteiger partial charge in [-0.05, 0) is 37.8 Å². The summed E-state index contributed by atoms with van der Waals surface area (Å²) in [6.07, 6.45) is 4.08. The minimum absolute atomic E-state index is 0.0757. The molecule has 0 unspecified atom stereocenters. The van der Waals surface area contributed by atoms with Crippen LogP contribution in [0.3, 0.4) is 0 Å². The molecular formula is C14H19N3O4. The second-order valence-electron chi connectivity index (χ2n) is 5.17. The SMILES string of the molecule is O=C(NCc1cc(C(=O)O)ccn1)NC1CCC(O)CC1. The summed E-state index contributed by atoms with van der Waals surface area (Å²) in [6, 6.07) is 2.60. The molecule has 1 aliphatic rings. The van der Waals surface area contributed by atoms with Gasteiger partial charge in [0.2, 0.25) is 0 Å². The molecule has 0 saturated heterocycles. The molecule has 1 heterocycles. The Kier molecular flexibility index (Phi) is 5.10. The number of aliphatic hydroxyl groups excluding tert-OH is 1. The molecule has 1 aromatic rings. The number of amides is 2. The number of nitrogens with zero attached hydrogens (tertiary/aromatic N) is 1. The lowest BCUT2D eigenvalue weighted by atomic mass is 9.93. The largest absolute Gasteiger partial charge is 0.478 e. The highest BCUT2D eigenvalue weighted by molar-refractivity contribution is 5.87. The van der Waals surface area contributed by atoms with Crippen LogP contribution in [0.2, 0.25) is 0 Å². The number of carbonyl (C=O) groups is 2. The van der Waals surface area contributed by atoms with Gasteiger partial charge >= 0.3 is 12.0 Å². The Morgan fingerprint density at radius 1 is 1.29 bits per heavy atom. The summed E-state index contributed by atoms with van der Waals surface area (Å²) in [7, 11) is 0. The standard InChI is InChI=1S/C14H19N3O4/c18-12-3-1-10(2-4-12)17-14(21)16-8-11-7-9(13(19)20)5-6-15-11/h5-7,10,12,18H,1-4,8H2,(H,19,20)(H2,16,17,21). The lowest BCUT2D eigenvalue weighted by Gasteiger charge is -2.26. The molecule has 1 aliphatic carbocycles. The zero-order valence-electron chi connectivity index (χ0n) is 11.6. The highest BCUT2D eigenvalue weighted by Crippen LogP contribution is 2.18. The maximum atomic E-state index is 11.8. The van der Waals surface area contributed by atoms with Crippen LogP contribution in [0.15, 0.2) is 18.3 Å². The van der Waals surface area contributed by atoms with Gasteiger partial charge in [-0.1, -0.05) is 0 Å². The van der Waals surface area contributed by atoms with Gasteiger partial charge in [0.15, 0.2) is 0 Å². The van der Waals surface area contributed by atoms with E-state index < -0.39 is 5.97 Å². The number of pyridine rings is 1. The highest BCUT2D eigenvalue weighted by Gasteiger charge is 2.20. The average molecular weight is 293 g/mol. The molecular weight excluding hydrogens is 274 g/mol. The first-order valence-electron chi connectivity index (χ1n) is 6.95. The summed E-state index contributed by atoms with van der Waals surface area (Å²) in [6.45, 7) is 0.169. The van der Waals surface area contributed by atoms with E-state index in [-0.39, 0.29) is 30.3 Å². The van der Waals surface area contributed by atoms with Crippen molar-refractivity contribution in [2.75, 3.05) is 0 Å². The first kappa shape index (κ1) is 15.2. The number of carboxylic acid groups (broad SMARTS) is 1. The Balaban J connectivity index is 1.78. The number of urea groups is 1. The molecule has 1 aromatic heterocycles. The van der Waals surface area contributed by atoms with Gasteiger partial charge in [0.05, 0.1) is 23.9 Å². The smallest absolute Gasteiger partial charge is 0.335 e. The summed E-state index contributed by atoms with van der Waals surface area (Å²) in [5.41, 5.74) is 0.632. The summed E-state index contributed by atoms with van der Waals surface area (Å²) in [5, 5.41) is 23.8. The number of carboxylic acids is 1. The molecule has 7 nitrogen and oxygen atoms in total. The van der Waals surface area contributed by atoms with Crippen molar-refractivity contribution in [3.05, 3.63) is 29.6 Å².